The van der Waals surface area contributed by atoms with Crippen molar-refractivity contribution >= 4 is 39.2 Å². The Morgan fingerprint density at radius 2 is 1.76 bits per heavy atom. The molecule has 1 heterocycles. The zero-order chi connectivity index (χ0) is 18.1. The van der Waals surface area contributed by atoms with Crippen LogP contribution in [0.1, 0.15) is 6.42 Å². The maximum absolute atomic E-state index is 13.1. The first-order chi connectivity index (χ1) is 11.9. The van der Waals surface area contributed by atoms with Gasteiger partial charge in [0.15, 0.2) is 6.42 Å². The van der Waals surface area contributed by atoms with E-state index < -0.39 is 21.4 Å². The number of rotatable bonds is 4. The van der Waals surface area contributed by atoms with E-state index in [4.69, 9.17) is 16.3 Å². The standard InChI is InChI=1S/C15H15N2O5PS2/c18-17(19)13-7-9-15(10-8-13)25(20,21)16-11-4-12-22-23(16,24)14-5-2-1-3-6-14/h1-3,5-10H,4,11-12H2. The van der Waals surface area contributed by atoms with E-state index >= 15 is 0 Å². The van der Waals surface area contributed by atoms with Crippen LogP contribution < -0.4 is 5.30 Å². The van der Waals surface area contributed by atoms with Gasteiger partial charge in [-0.2, -0.15) is 0 Å². The van der Waals surface area contributed by atoms with E-state index in [9.17, 15) is 18.5 Å². The van der Waals surface area contributed by atoms with Crippen LogP contribution in [0.25, 0.3) is 0 Å². The third kappa shape index (κ3) is 3.38. The molecule has 0 bridgehead atoms. The second-order valence-electron chi connectivity index (χ2n) is 5.34. The van der Waals surface area contributed by atoms with Gasteiger partial charge in [0.25, 0.3) is 5.69 Å². The molecular weight excluding hydrogens is 383 g/mol. The van der Waals surface area contributed by atoms with Crippen molar-refractivity contribution in [1.82, 2.24) is 4.08 Å². The van der Waals surface area contributed by atoms with Crippen LogP contribution in [0.2, 0.25) is 0 Å². The average Bonchev–Trinajstić information content (AvgIpc) is 2.62. The number of nitro benzene ring substituents is 1. The fourth-order valence-corrected chi connectivity index (χ4v) is 8.95. The largest absolute Gasteiger partial charge is 0.334 e. The molecule has 1 fully saturated rings. The summed E-state index contributed by atoms with van der Waals surface area (Å²) in [5.74, 6) is 0. The molecule has 1 aliphatic rings. The van der Waals surface area contributed by atoms with Gasteiger partial charge in [0.1, 0.15) is 0 Å². The molecule has 132 valence electrons. The highest BCUT2D eigenvalue weighted by Gasteiger charge is 2.41. The predicted octanol–water partition coefficient (Wildman–Crippen LogP) is 2.64. The van der Waals surface area contributed by atoms with Crippen LogP contribution in [0.15, 0.2) is 59.5 Å². The van der Waals surface area contributed by atoms with Gasteiger partial charge in [0.2, 0.25) is 10.0 Å². The van der Waals surface area contributed by atoms with Crippen LogP contribution in [-0.4, -0.2) is 30.6 Å². The topological polar surface area (TPSA) is 89.8 Å². The molecule has 0 amide bonds. The lowest BCUT2D eigenvalue weighted by atomic mass is 10.3. The van der Waals surface area contributed by atoms with Crippen molar-refractivity contribution in [3.63, 3.8) is 0 Å². The Morgan fingerprint density at radius 3 is 2.36 bits per heavy atom. The van der Waals surface area contributed by atoms with Gasteiger partial charge in [0.05, 0.1) is 16.4 Å². The summed E-state index contributed by atoms with van der Waals surface area (Å²) in [6.07, 6.45) is -2.41. The van der Waals surface area contributed by atoms with Gasteiger partial charge in [0, 0.05) is 24.0 Å². The van der Waals surface area contributed by atoms with Gasteiger partial charge in [-0.3, -0.25) is 10.1 Å². The van der Waals surface area contributed by atoms with Gasteiger partial charge in [-0.25, -0.2) is 8.42 Å². The molecule has 0 spiro atoms. The van der Waals surface area contributed by atoms with E-state index in [1.807, 2.05) is 6.07 Å². The van der Waals surface area contributed by atoms with Gasteiger partial charge in [-0.05, 0) is 30.4 Å². The third-order valence-electron chi connectivity index (χ3n) is 3.76. The highest BCUT2D eigenvalue weighted by molar-refractivity contribution is 8.18. The van der Waals surface area contributed by atoms with Crippen molar-refractivity contribution in [2.24, 2.45) is 0 Å². The highest BCUT2D eigenvalue weighted by Crippen LogP contribution is 2.55. The van der Waals surface area contributed by atoms with Crippen molar-refractivity contribution in [3.8, 4) is 0 Å². The van der Waals surface area contributed by atoms with Crippen molar-refractivity contribution in [3.05, 3.63) is 64.7 Å². The van der Waals surface area contributed by atoms with E-state index in [1.165, 1.54) is 28.3 Å². The Hall–Kier alpha value is -1.64. The Labute approximate surface area is 150 Å². The minimum atomic E-state index is -3.93. The average molecular weight is 398 g/mol. The predicted molar refractivity (Wildman–Crippen MR) is 97.9 cm³/mol. The number of nitrogens with zero attached hydrogens (tertiary/aromatic N) is 2. The molecular formula is C15H15N2O5PS2. The van der Waals surface area contributed by atoms with E-state index in [0.717, 1.165) is 0 Å². The van der Waals surface area contributed by atoms with Crippen molar-refractivity contribution < 1.29 is 17.9 Å². The lowest BCUT2D eigenvalue weighted by Gasteiger charge is -2.37. The third-order valence-corrected chi connectivity index (χ3v) is 10.8. The fourth-order valence-electron chi connectivity index (χ4n) is 2.53. The molecule has 1 aliphatic heterocycles. The molecule has 7 nitrogen and oxygen atoms in total. The molecule has 1 unspecified atom stereocenters. The lowest BCUT2D eigenvalue weighted by Crippen LogP contribution is -2.37. The molecule has 0 N–H and O–H groups in total. The van der Waals surface area contributed by atoms with Crippen molar-refractivity contribution in [2.75, 3.05) is 13.2 Å². The summed E-state index contributed by atoms with van der Waals surface area (Å²) in [6, 6.07) is 13.7. The van der Waals surface area contributed by atoms with Crippen LogP contribution in [0, 0.1) is 10.1 Å². The van der Waals surface area contributed by atoms with Gasteiger partial charge in [-0.15, -0.1) is 4.08 Å². The van der Waals surface area contributed by atoms with E-state index in [0.29, 0.717) is 18.3 Å². The van der Waals surface area contributed by atoms with Crippen LogP contribution in [0.3, 0.4) is 0 Å². The Kier molecular flexibility index (Phi) is 5.04. The quantitative estimate of drug-likeness (QED) is 0.447. The summed E-state index contributed by atoms with van der Waals surface area (Å²) in [7, 11) is -3.93. The summed E-state index contributed by atoms with van der Waals surface area (Å²) in [6.45, 7) is 0.657. The number of nitro groups is 1. The minimum absolute atomic E-state index is 0.0336. The van der Waals surface area contributed by atoms with Crippen molar-refractivity contribution in [1.29, 1.82) is 0 Å². The first-order valence-electron chi connectivity index (χ1n) is 7.43. The van der Waals surface area contributed by atoms with Gasteiger partial charge >= 0.3 is 0 Å². The Balaban J connectivity index is 2.05. The molecule has 3 rings (SSSR count). The fraction of sp³-hybridized carbons (Fsp3) is 0.200. The number of benzene rings is 2. The maximum Gasteiger partial charge on any atom is 0.269 e. The number of non-ortho nitro benzene ring substituents is 1. The van der Waals surface area contributed by atoms with Crippen LogP contribution in [0.4, 0.5) is 5.69 Å². The maximum atomic E-state index is 13.1. The summed E-state index contributed by atoms with van der Waals surface area (Å²) in [5.41, 5.74) is -0.170. The monoisotopic (exact) mass is 398 g/mol. The first-order valence-corrected chi connectivity index (χ1v) is 11.5. The minimum Gasteiger partial charge on any atom is -0.334 e. The van der Waals surface area contributed by atoms with Crippen LogP contribution in [-0.2, 0) is 26.4 Å². The molecule has 1 atom stereocenters. The molecule has 2 aromatic carbocycles. The van der Waals surface area contributed by atoms with E-state index in [-0.39, 0.29) is 17.1 Å². The number of hydrogen-bond acceptors (Lipinski definition) is 6. The lowest BCUT2D eigenvalue weighted by molar-refractivity contribution is -0.384. The molecule has 2 aromatic rings. The van der Waals surface area contributed by atoms with Crippen LogP contribution in [0.5, 0.6) is 0 Å². The molecule has 25 heavy (non-hydrogen) atoms. The van der Waals surface area contributed by atoms with E-state index in [2.05, 4.69) is 0 Å². The number of sulfonamides is 1. The molecule has 10 heteroatoms. The van der Waals surface area contributed by atoms with Crippen LogP contribution >= 0.6 is 6.42 Å². The zero-order valence-electron chi connectivity index (χ0n) is 13.0. The second-order valence-corrected chi connectivity index (χ2v) is 11.3. The molecule has 1 saturated heterocycles. The highest BCUT2D eigenvalue weighted by atomic mass is 32.5. The van der Waals surface area contributed by atoms with E-state index in [1.54, 1.807) is 24.3 Å². The Morgan fingerprint density at radius 1 is 1.12 bits per heavy atom. The molecule has 0 aromatic heterocycles. The number of hydrogen-bond donors (Lipinski definition) is 0. The van der Waals surface area contributed by atoms with Crippen molar-refractivity contribution in [2.45, 2.75) is 11.3 Å². The normalized spacial score (nSPS) is 21.8. The molecule has 0 saturated carbocycles. The first kappa shape index (κ1) is 18.2. The Bertz CT molecular complexity index is 932. The van der Waals surface area contributed by atoms with Gasteiger partial charge < -0.3 is 4.52 Å². The summed E-state index contributed by atoms with van der Waals surface area (Å²) < 4.78 is 33.2. The van der Waals surface area contributed by atoms with Gasteiger partial charge in [-0.1, -0.05) is 30.3 Å². The summed E-state index contributed by atoms with van der Waals surface area (Å²) in [4.78, 5) is 10.2. The summed E-state index contributed by atoms with van der Waals surface area (Å²) in [5, 5.41) is 11.4. The smallest absolute Gasteiger partial charge is 0.269 e. The molecule has 0 aliphatic carbocycles. The summed E-state index contributed by atoms with van der Waals surface area (Å²) >= 11 is 5.68. The zero-order valence-corrected chi connectivity index (χ0v) is 15.5. The molecule has 0 radical (unpaired) electrons. The SMILES string of the molecule is O=[N+]([O-])c1ccc(S(=O)(=O)N2CCCOP2(=S)c2ccccc2)cc1. The second kappa shape index (κ2) is 6.93.